The van der Waals surface area contributed by atoms with E-state index in [1.165, 1.54) is 0 Å². The zero-order chi connectivity index (χ0) is 13.2. The first-order chi connectivity index (χ1) is 8.65. The molecule has 0 saturated carbocycles. The Kier molecular flexibility index (Phi) is 3.34. The van der Waals surface area contributed by atoms with Crippen LogP contribution in [0.25, 0.3) is 0 Å². The van der Waals surface area contributed by atoms with Crippen molar-refractivity contribution in [2.45, 2.75) is 18.4 Å². The van der Waals surface area contributed by atoms with Gasteiger partial charge in [0.1, 0.15) is 0 Å². The van der Waals surface area contributed by atoms with Crippen molar-refractivity contribution < 1.29 is 9.90 Å². The molecule has 1 atom stereocenters. The van der Waals surface area contributed by atoms with E-state index in [-0.39, 0.29) is 5.91 Å². The molecule has 94 valence electrons. The maximum atomic E-state index is 12.4. The van der Waals surface area contributed by atoms with Gasteiger partial charge in [-0.2, -0.15) is 0 Å². The molecule has 1 aliphatic heterocycles. The van der Waals surface area contributed by atoms with Gasteiger partial charge in [-0.15, -0.1) is 13.2 Å². The smallest absolute Gasteiger partial charge is 0.263 e. The molecule has 0 spiro atoms. The summed E-state index contributed by atoms with van der Waals surface area (Å²) in [5.41, 5.74) is 0.0287. The maximum absolute atomic E-state index is 12.4. The Morgan fingerprint density at radius 3 is 2.67 bits per heavy atom. The number of carbonyl (C=O) groups excluding carboxylic acids is 1. The van der Waals surface area contributed by atoms with Crippen molar-refractivity contribution in [3.63, 3.8) is 0 Å². The number of nitrogens with zero attached hydrogens (tertiary/aromatic N) is 1. The summed E-state index contributed by atoms with van der Waals surface area (Å²) in [5.74, 6) is -0.273. The summed E-state index contributed by atoms with van der Waals surface area (Å²) in [5, 5.41) is 10.7. The number of allylic oxidation sites excluding steroid dienone is 1. The lowest BCUT2D eigenvalue weighted by Gasteiger charge is -2.22. The number of aliphatic hydroxyl groups is 1. The molecule has 1 aromatic rings. The van der Waals surface area contributed by atoms with Crippen LogP contribution in [0.5, 0.6) is 0 Å². The molecule has 1 amide bonds. The molecule has 0 aliphatic carbocycles. The fraction of sp³-hybridized carbons (Fsp3) is 0.267. The highest BCUT2D eigenvalue weighted by Crippen LogP contribution is 2.42. The van der Waals surface area contributed by atoms with Crippen molar-refractivity contribution in [2.24, 2.45) is 0 Å². The van der Waals surface area contributed by atoms with Crippen LogP contribution in [0, 0.1) is 0 Å². The zero-order valence-electron chi connectivity index (χ0n) is 10.3. The van der Waals surface area contributed by atoms with Crippen molar-refractivity contribution >= 4 is 11.6 Å². The largest absolute Gasteiger partial charge is 0.375 e. The van der Waals surface area contributed by atoms with Gasteiger partial charge in [0.25, 0.3) is 5.91 Å². The highest BCUT2D eigenvalue weighted by molar-refractivity contribution is 6.07. The minimum atomic E-state index is -1.42. The van der Waals surface area contributed by atoms with Gasteiger partial charge in [0.2, 0.25) is 0 Å². The Hall–Kier alpha value is -1.87. The van der Waals surface area contributed by atoms with E-state index in [2.05, 4.69) is 13.2 Å². The van der Waals surface area contributed by atoms with Gasteiger partial charge in [0.05, 0.1) is 5.69 Å². The molecule has 0 fully saturated rings. The summed E-state index contributed by atoms with van der Waals surface area (Å²) in [6, 6.07) is 7.35. The fourth-order valence-corrected chi connectivity index (χ4v) is 2.37. The predicted molar refractivity (Wildman–Crippen MR) is 72.3 cm³/mol. The molecule has 1 N–H and O–H groups in total. The Balaban J connectivity index is 2.47. The van der Waals surface area contributed by atoms with Gasteiger partial charge in [-0.3, -0.25) is 4.79 Å². The normalized spacial score (nSPS) is 21.8. The van der Waals surface area contributed by atoms with Gasteiger partial charge >= 0.3 is 0 Å². The van der Waals surface area contributed by atoms with Gasteiger partial charge in [-0.25, -0.2) is 0 Å². The first kappa shape index (κ1) is 12.6. The highest BCUT2D eigenvalue weighted by Gasteiger charge is 2.48. The maximum Gasteiger partial charge on any atom is 0.263 e. The van der Waals surface area contributed by atoms with Gasteiger partial charge in [-0.1, -0.05) is 30.4 Å². The van der Waals surface area contributed by atoms with Crippen molar-refractivity contribution in [1.29, 1.82) is 0 Å². The predicted octanol–water partition coefficient (Wildman–Crippen LogP) is 2.37. The SMILES string of the molecule is C=CCCC1(O)C(=O)N(CC=C)c2ccccc21. The van der Waals surface area contributed by atoms with E-state index in [1.54, 1.807) is 23.1 Å². The van der Waals surface area contributed by atoms with Crippen LogP contribution in [0.15, 0.2) is 49.6 Å². The fourth-order valence-electron chi connectivity index (χ4n) is 2.37. The van der Waals surface area contributed by atoms with E-state index in [4.69, 9.17) is 0 Å². The van der Waals surface area contributed by atoms with Crippen LogP contribution in [-0.2, 0) is 10.4 Å². The van der Waals surface area contributed by atoms with E-state index >= 15 is 0 Å². The lowest BCUT2D eigenvalue weighted by atomic mass is 9.90. The average Bonchev–Trinajstić information content (AvgIpc) is 2.60. The lowest BCUT2D eigenvalue weighted by molar-refractivity contribution is -0.136. The van der Waals surface area contributed by atoms with Crippen LogP contribution in [0.3, 0.4) is 0 Å². The van der Waals surface area contributed by atoms with Crippen LogP contribution in [0.4, 0.5) is 5.69 Å². The Morgan fingerprint density at radius 1 is 1.28 bits per heavy atom. The molecule has 0 saturated heterocycles. The van der Waals surface area contributed by atoms with Crippen molar-refractivity contribution in [3.8, 4) is 0 Å². The second-order valence-corrected chi connectivity index (χ2v) is 4.41. The third-order valence-corrected chi connectivity index (χ3v) is 3.26. The van der Waals surface area contributed by atoms with Crippen LogP contribution >= 0.6 is 0 Å². The average molecular weight is 243 g/mol. The number of amides is 1. The molecule has 1 aromatic carbocycles. The van der Waals surface area contributed by atoms with Crippen molar-refractivity contribution in [2.75, 3.05) is 11.4 Å². The minimum Gasteiger partial charge on any atom is -0.375 e. The summed E-state index contributed by atoms with van der Waals surface area (Å²) >= 11 is 0. The minimum absolute atomic E-state index is 0.273. The van der Waals surface area contributed by atoms with Crippen molar-refractivity contribution in [1.82, 2.24) is 0 Å². The van der Waals surface area contributed by atoms with Crippen molar-refractivity contribution in [3.05, 3.63) is 55.1 Å². The van der Waals surface area contributed by atoms with E-state index in [1.807, 2.05) is 18.2 Å². The Bertz CT molecular complexity index is 495. The molecular formula is C15H17NO2. The summed E-state index contributed by atoms with van der Waals surface area (Å²) < 4.78 is 0. The summed E-state index contributed by atoms with van der Waals surface area (Å²) in [6.07, 6.45) is 4.33. The second-order valence-electron chi connectivity index (χ2n) is 4.41. The molecule has 18 heavy (non-hydrogen) atoms. The number of benzene rings is 1. The molecule has 2 rings (SSSR count). The quantitative estimate of drug-likeness (QED) is 0.807. The number of fused-ring (bicyclic) bond motifs is 1. The summed E-state index contributed by atoms with van der Waals surface area (Å²) in [7, 11) is 0. The van der Waals surface area contributed by atoms with Crippen LogP contribution in [0.1, 0.15) is 18.4 Å². The standard InChI is InChI=1S/C15H17NO2/c1-3-5-10-15(18)12-8-6-7-9-13(12)16(11-4-2)14(15)17/h3-4,6-9,18H,1-2,5,10-11H2. The second kappa shape index (κ2) is 4.78. The number of hydrogen-bond donors (Lipinski definition) is 1. The Morgan fingerprint density at radius 2 is 2.00 bits per heavy atom. The monoisotopic (exact) mass is 243 g/mol. The molecule has 0 aromatic heterocycles. The number of carbonyl (C=O) groups is 1. The third kappa shape index (κ3) is 1.77. The first-order valence-corrected chi connectivity index (χ1v) is 6.01. The van der Waals surface area contributed by atoms with Gasteiger partial charge in [0.15, 0.2) is 5.60 Å². The highest BCUT2D eigenvalue weighted by atomic mass is 16.3. The molecular weight excluding hydrogens is 226 g/mol. The summed E-state index contributed by atoms with van der Waals surface area (Å²) in [6.45, 7) is 7.70. The number of para-hydroxylation sites is 1. The van der Waals surface area contributed by atoms with Gasteiger partial charge in [0, 0.05) is 12.1 Å². The van der Waals surface area contributed by atoms with E-state index in [0.717, 1.165) is 5.69 Å². The number of rotatable bonds is 5. The third-order valence-electron chi connectivity index (χ3n) is 3.26. The van der Waals surface area contributed by atoms with E-state index < -0.39 is 5.60 Å². The first-order valence-electron chi connectivity index (χ1n) is 6.01. The zero-order valence-corrected chi connectivity index (χ0v) is 10.3. The molecule has 1 aliphatic rings. The number of hydrogen-bond acceptors (Lipinski definition) is 2. The molecule has 3 heteroatoms. The van der Waals surface area contributed by atoms with E-state index in [0.29, 0.717) is 24.9 Å². The Labute approximate surface area is 107 Å². The van der Waals surface area contributed by atoms with E-state index in [9.17, 15) is 9.90 Å². The molecule has 0 radical (unpaired) electrons. The van der Waals surface area contributed by atoms with Gasteiger partial charge < -0.3 is 10.0 Å². The van der Waals surface area contributed by atoms with Crippen LogP contribution in [0.2, 0.25) is 0 Å². The molecule has 1 unspecified atom stereocenters. The van der Waals surface area contributed by atoms with Crippen LogP contribution in [-0.4, -0.2) is 17.6 Å². The molecule has 1 heterocycles. The number of anilines is 1. The summed E-state index contributed by atoms with van der Waals surface area (Å²) in [4.78, 5) is 13.9. The molecule has 0 bridgehead atoms. The van der Waals surface area contributed by atoms with Gasteiger partial charge in [-0.05, 0) is 18.9 Å². The lowest BCUT2D eigenvalue weighted by Crippen LogP contribution is -2.40. The topological polar surface area (TPSA) is 40.5 Å². The van der Waals surface area contributed by atoms with Crippen LogP contribution < -0.4 is 4.90 Å². The molecule has 3 nitrogen and oxygen atoms in total.